The lowest BCUT2D eigenvalue weighted by molar-refractivity contribution is -0.403. The van der Waals surface area contributed by atoms with E-state index in [0.29, 0.717) is 0 Å². The van der Waals surface area contributed by atoms with Gasteiger partial charge in [0.05, 0.1) is 4.92 Å². The molecule has 14 heavy (non-hydrogen) atoms. The normalized spacial score (nSPS) is 11.1. The molecule has 0 aliphatic rings. The van der Waals surface area contributed by atoms with E-state index in [1.807, 2.05) is 19.1 Å². The van der Waals surface area contributed by atoms with Gasteiger partial charge in [-0.05, 0) is 19.1 Å². The lowest BCUT2D eigenvalue weighted by Gasteiger charge is -2.03. The molecule has 74 valence electrons. The van der Waals surface area contributed by atoms with Crippen LogP contribution in [0.3, 0.4) is 0 Å². The Labute approximate surface area is 81.4 Å². The maximum Gasteiger partial charge on any atom is 0.274 e. The van der Waals surface area contributed by atoms with Crippen molar-refractivity contribution in [2.45, 2.75) is 6.92 Å². The first-order valence-corrected chi connectivity index (χ1v) is 4.02. The third-order valence-electron chi connectivity index (χ3n) is 1.58. The van der Waals surface area contributed by atoms with E-state index in [9.17, 15) is 10.1 Å². The standard InChI is InChI=1S/C9H11N3O2/c1-7-2-4-8(5-3-7)11-9(10)6-12(13)14/h2-6,11H,10H2,1H3. The van der Waals surface area contributed by atoms with Gasteiger partial charge in [0.25, 0.3) is 6.20 Å². The van der Waals surface area contributed by atoms with Crippen LogP contribution in [0.5, 0.6) is 0 Å². The monoisotopic (exact) mass is 193 g/mol. The van der Waals surface area contributed by atoms with Gasteiger partial charge in [-0.1, -0.05) is 17.7 Å². The zero-order valence-corrected chi connectivity index (χ0v) is 7.73. The number of aryl methyl sites for hydroxylation is 1. The quantitative estimate of drug-likeness (QED) is 0.562. The Balaban J connectivity index is 2.69. The van der Waals surface area contributed by atoms with E-state index in [1.54, 1.807) is 12.1 Å². The molecule has 1 aromatic carbocycles. The first kappa shape index (κ1) is 10.0. The summed E-state index contributed by atoms with van der Waals surface area (Å²) in [6.45, 7) is 1.96. The highest BCUT2D eigenvalue weighted by atomic mass is 16.6. The Kier molecular flexibility index (Phi) is 3.06. The highest BCUT2D eigenvalue weighted by molar-refractivity contribution is 5.48. The minimum atomic E-state index is -0.601. The lowest BCUT2D eigenvalue weighted by Crippen LogP contribution is -2.10. The number of anilines is 1. The van der Waals surface area contributed by atoms with E-state index in [1.165, 1.54) is 0 Å². The van der Waals surface area contributed by atoms with Gasteiger partial charge < -0.3 is 11.1 Å². The first-order chi connectivity index (χ1) is 6.58. The summed E-state index contributed by atoms with van der Waals surface area (Å²) in [7, 11) is 0. The number of rotatable bonds is 3. The summed E-state index contributed by atoms with van der Waals surface area (Å²) in [5.41, 5.74) is 7.20. The van der Waals surface area contributed by atoms with Gasteiger partial charge in [0.1, 0.15) is 0 Å². The Hall–Kier alpha value is -2.04. The molecule has 0 amide bonds. The molecule has 0 unspecified atom stereocenters. The van der Waals surface area contributed by atoms with Gasteiger partial charge in [0.15, 0.2) is 5.82 Å². The zero-order chi connectivity index (χ0) is 10.6. The second-order valence-corrected chi connectivity index (χ2v) is 2.86. The van der Waals surface area contributed by atoms with Crippen LogP contribution in [0.25, 0.3) is 0 Å². The van der Waals surface area contributed by atoms with E-state index < -0.39 is 4.92 Å². The number of benzene rings is 1. The predicted molar refractivity (Wildman–Crippen MR) is 54.1 cm³/mol. The van der Waals surface area contributed by atoms with Crippen molar-refractivity contribution in [2.75, 3.05) is 5.32 Å². The number of nitrogens with two attached hydrogens (primary N) is 1. The van der Waals surface area contributed by atoms with Crippen LogP contribution in [-0.4, -0.2) is 4.92 Å². The summed E-state index contributed by atoms with van der Waals surface area (Å²) < 4.78 is 0. The minimum absolute atomic E-state index is 0.0128. The van der Waals surface area contributed by atoms with E-state index in [0.717, 1.165) is 17.5 Å². The van der Waals surface area contributed by atoms with Crippen LogP contribution < -0.4 is 11.1 Å². The van der Waals surface area contributed by atoms with Crippen molar-refractivity contribution in [3.05, 3.63) is 52.0 Å². The van der Waals surface area contributed by atoms with Crippen LogP contribution in [0, 0.1) is 17.0 Å². The second kappa shape index (κ2) is 4.27. The van der Waals surface area contributed by atoms with Gasteiger partial charge in [-0.2, -0.15) is 0 Å². The molecule has 0 heterocycles. The van der Waals surface area contributed by atoms with Crippen molar-refractivity contribution >= 4 is 5.69 Å². The topological polar surface area (TPSA) is 81.2 Å². The Morgan fingerprint density at radius 3 is 2.57 bits per heavy atom. The largest absolute Gasteiger partial charge is 0.380 e. The maximum absolute atomic E-state index is 10.1. The highest BCUT2D eigenvalue weighted by Crippen LogP contribution is 2.09. The van der Waals surface area contributed by atoms with Crippen LogP contribution >= 0.6 is 0 Å². The van der Waals surface area contributed by atoms with Crippen LogP contribution in [0.15, 0.2) is 36.3 Å². The molecule has 0 saturated heterocycles. The molecule has 1 rings (SSSR count). The summed E-state index contributed by atoms with van der Waals surface area (Å²) in [5, 5.41) is 12.8. The Bertz CT molecular complexity index is 357. The third-order valence-corrected chi connectivity index (χ3v) is 1.58. The van der Waals surface area contributed by atoms with E-state index in [2.05, 4.69) is 5.32 Å². The van der Waals surface area contributed by atoms with Crippen molar-refractivity contribution in [1.82, 2.24) is 0 Å². The maximum atomic E-state index is 10.1. The van der Waals surface area contributed by atoms with Crippen LogP contribution in [0.1, 0.15) is 5.56 Å². The third kappa shape index (κ3) is 3.14. The molecule has 0 atom stereocenters. The fraction of sp³-hybridized carbons (Fsp3) is 0.111. The fourth-order valence-electron chi connectivity index (χ4n) is 0.949. The highest BCUT2D eigenvalue weighted by Gasteiger charge is 1.97. The van der Waals surface area contributed by atoms with Gasteiger partial charge in [-0.15, -0.1) is 0 Å². The van der Waals surface area contributed by atoms with Gasteiger partial charge in [-0.3, -0.25) is 10.1 Å². The number of hydrogen-bond acceptors (Lipinski definition) is 4. The first-order valence-electron chi connectivity index (χ1n) is 4.02. The van der Waals surface area contributed by atoms with Gasteiger partial charge in [-0.25, -0.2) is 0 Å². The number of hydrogen-bond donors (Lipinski definition) is 2. The molecule has 0 aliphatic carbocycles. The fourth-order valence-corrected chi connectivity index (χ4v) is 0.949. The molecule has 0 spiro atoms. The molecule has 5 heteroatoms. The van der Waals surface area contributed by atoms with Gasteiger partial charge in [0, 0.05) is 5.69 Å². The molecule has 0 aromatic heterocycles. The summed E-state index contributed by atoms with van der Waals surface area (Å²) in [4.78, 5) is 9.46. The van der Waals surface area contributed by atoms with Crippen molar-refractivity contribution in [3.63, 3.8) is 0 Å². The van der Waals surface area contributed by atoms with Gasteiger partial charge >= 0.3 is 0 Å². The van der Waals surface area contributed by atoms with Crippen molar-refractivity contribution in [2.24, 2.45) is 5.73 Å². The molecule has 1 aromatic rings. The number of nitro groups is 1. The second-order valence-electron chi connectivity index (χ2n) is 2.86. The van der Waals surface area contributed by atoms with Crippen LogP contribution in [0.4, 0.5) is 5.69 Å². The molecule has 3 N–H and O–H groups in total. The molecule has 0 fully saturated rings. The predicted octanol–water partition coefficient (Wildman–Crippen LogP) is 1.44. The SMILES string of the molecule is Cc1ccc(NC(N)=C[N+](=O)[O-])cc1. The Morgan fingerprint density at radius 2 is 2.07 bits per heavy atom. The minimum Gasteiger partial charge on any atom is -0.380 e. The van der Waals surface area contributed by atoms with Crippen LogP contribution in [-0.2, 0) is 0 Å². The zero-order valence-electron chi connectivity index (χ0n) is 7.73. The molecule has 0 aliphatic heterocycles. The van der Waals surface area contributed by atoms with Crippen molar-refractivity contribution in [1.29, 1.82) is 0 Å². The van der Waals surface area contributed by atoms with E-state index >= 15 is 0 Å². The van der Waals surface area contributed by atoms with Crippen molar-refractivity contribution < 1.29 is 4.92 Å². The average Bonchev–Trinajstić information content (AvgIpc) is 2.07. The average molecular weight is 193 g/mol. The van der Waals surface area contributed by atoms with E-state index in [4.69, 9.17) is 5.73 Å². The van der Waals surface area contributed by atoms with E-state index in [-0.39, 0.29) is 5.82 Å². The molecule has 0 saturated carbocycles. The van der Waals surface area contributed by atoms with Crippen LogP contribution in [0.2, 0.25) is 0 Å². The van der Waals surface area contributed by atoms with Gasteiger partial charge in [0.2, 0.25) is 0 Å². The summed E-state index contributed by atoms with van der Waals surface area (Å²) in [5.74, 6) is 0.0128. The molecule has 0 bridgehead atoms. The molecular weight excluding hydrogens is 182 g/mol. The number of nitrogens with zero attached hydrogens (tertiary/aromatic N) is 1. The summed E-state index contributed by atoms with van der Waals surface area (Å²) in [6, 6.07) is 7.38. The summed E-state index contributed by atoms with van der Waals surface area (Å²) in [6.07, 6.45) is 0.722. The lowest BCUT2D eigenvalue weighted by atomic mass is 10.2. The van der Waals surface area contributed by atoms with Crippen molar-refractivity contribution in [3.8, 4) is 0 Å². The smallest absolute Gasteiger partial charge is 0.274 e. The summed E-state index contributed by atoms with van der Waals surface area (Å²) >= 11 is 0. The molecule has 5 nitrogen and oxygen atoms in total. The molecule has 0 radical (unpaired) electrons. The molecular formula is C9H11N3O2. The Morgan fingerprint density at radius 1 is 1.50 bits per heavy atom. The number of nitrogens with one attached hydrogen (secondary N) is 1.